The summed E-state index contributed by atoms with van der Waals surface area (Å²) in [5.74, 6) is 0.615. The lowest BCUT2D eigenvalue weighted by Crippen LogP contribution is -2.46. The number of carbonyl (C=O) groups is 1. The molecule has 3 N–H and O–H groups in total. The van der Waals surface area contributed by atoms with Crippen molar-refractivity contribution >= 4 is 11.7 Å². The van der Waals surface area contributed by atoms with Gasteiger partial charge in [-0.15, -0.1) is 0 Å². The highest BCUT2D eigenvalue weighted by molar-refractivity contribution is 5.97. The molecular formula is C17H19FN4O2. The first-order chi connectivity index (χ1) is 11.7. The van der Waals surface area contributed by atoms with Gasteiger partial charge in [-0.2, -0.15) is 0 Å². The van der Waals surface area contributed by atoms with Crippen molar-refractivity contribution < 1.29 is 13.9 Å². The minimum absolute atomic E-state index is 0.0703. The highest BCUT2D eigenvalue weighted by Gasteiger charge is 2.24. The Morgan fingerprint density at radius 3 is 2.88 bits per heavy atom. The van der Waals surface area contributed by atoms with Crippen LogP contribution >= 0.6 is 0 Å². The van der Waals surface area contributed by atoms with Crippen LogP contribution in [0.25, 0.3) is 0 Å². The van der Waals surface area contributed by atoms with Crippen LogP contribution in [0.15, 0.2) is 42.6 Å². The molecule has 1 aliphatic heterocycles. The fourth-order valence-corrected chi connectivity index (χ4v) is 2.87. The molecule has 3 rings (SSSR count). The molecule has 2 heterocycles. The SMILES string of the molecule is NC(=O)c1cccnc1N1CCNC(c2ccc(OCF)cc2)C1. The van der Waals surface area contributed by atoms with Gasteiger partial charge in [0.15, 0.2) is 0 Å². The van der Waals surface area contributed by atoms with Gasteiger partial charge >= 0.3 is 0 Å². The van der Waals surface area contributed by atoms with E-state index in [-0.39, 0.29) is 6.04 Å². The second-order valence-electron chi connectivity index (χ2n) is 5.51. The summed E-state index contributed by atoms with van der Waals surface area (Å²) in [6, 6.07) is 10.7. The van der Waals surface area contributed by atoms with Crippen LogP contribution < -0.4 is 20.7 Å². The number of carbonyl (C=O) groups excluding carboxylic acids is 1. The maximum Gasteiger partial charge on any atom is 0.252 e. The van der Waals surface area contributed by atoms with Crippen molar-refractivity contribution in [1.82, 2.24) is 10.3 Å². The molecule has 1 unspecified atom stereocenters. The van der Waals surface area contributed by atoms with E-state index in [1.807, 2.05) is 17.0 Å². The van der Waals surface area contributed by atoms with Gasteiger partial charge in [-0.25, -0.2) is 9.37 Å². The molecule has 0 spiro atoms. The van der Waals surface area contributed by atoms with Gasteiger partial charge in [0.05, 0.1) is 5.56 Å². The van der Waals surface area contributed by atoms with Gasteiger partial charge in [-0.1, -0.05) is 12.1 Å². The zero-order valence-corrected chi connectivity index (χ0v) is 13.1. The zero-order valence-electron chi connectivity index (χ0n) is 13.1. The molecule has 1 amide bonds. The number of nitrogens with one attached hydrogen (secondary N) is 1. The fourth-order valence-electron chi connectivity index (χ4n) is 2.87. The number of anilines is 1. The number of pyridine rings is 1. The van der Waals surface area contributed by atoms with Crippen molar-refractivity contribution in [2.24, 2.45) is 5.73 Å². The quantitative estimate of drug-likeness (QED) is 0.871. The number of nitrogens with two attached hydrogens (primary N) is 1. The molecule has 0 saturated carbocycles. The van der Waals surface area contributed by atoms with Crippen LogP contribution in [0.2, 0.25) is 0 Å². The summed E-state index contributed by atoms with van der Waals surface area (Å²) in [6.45, 7) is 1.30. The van der Waals surface area contributed by atoms with Crippen molar-refractivity contribution in [3.8, 4) is 5.75 Å². The first kappa shape index (κ1) is 16.2. The molecule has 1 aromatic heterocycles. The average Bonchev–Trinajstić information content (AvgIpc) is 2.63. The number of alkyl halides is 1. The van der Waals surface area contributed by atoms with E-state index < -0.39 is 12.8 Å². The molecule has 7 heteroatoms. The minimum Gasteiger partial charge on any atom is -0.463 e. The molecule has 0 aliphatic carbocycles. The van der Waals surface area contributed by atoms with E-state index in [0.29, 0.717) is 23.7 Å². The van der Waals surface area contributed by atoms with Gasteiger partial charge in [0.2, 0.25) is 6.86 Å². The lowest BCUT2D eigenvalue weighted by molar-refractivity contribution is 0.100. The summed E-state index contributed by atoms with van der Waals surface area (Å²) in [6.07, 6.45) is 1.65. The molecule has 1 aromatic carbocycles. The Bertz CT molecular complexity index is 708. The Morgan fingerprint density at radius 1 is 1.38 bits per heavy atom. The molecule has 24 heavy (non-hydrogen) atoms. The summed E-state index contributed by atoms with van der Waals surface area (Å²) in [5.41, 5.74) is 6.93. The molecule has 126 valence electrons. The normalized spacial score (nSPS) is 17.5. The van der Waals surface area contributed by atoms with Crippen molar-refractivity contribution in [2.75, 3.05) is 31.4 Å². The number of primary amides is 1. The number of hydrogen-bond acceptors (Lipinski definition) is 5. The number of nitrogens with zero attached hydrogens (tertiary/aromatic N) is 2. The van der Waals surface area contributed by atoms with E-state index in [4.69, 9.17) is 10.5 Å². The summed E-state index contributed by atoms with van der Waals surface area (Å²) < 4.78 is 17.0. The minimum atomic E-state index is -0.843. The number of aromatic nitrogens is 1. The standard InChI is InChI=1S/C17H19FN4O2/c18-11-24-13-5-3-12(4-6-13)15-10-22(9-8-20-15)17-14(16(19)23)2-1-7-21-17/h1-7,15,20H,8-11H2,(H2,19,23). The molecule has 1 saturated heterocycles. The summed E-state index contributed by atoms with van der Waals surface area (Å²) in [7, 11) is 0. The van der Waals surface area contributed by atoms with Gasteiger partial charge < -0.3 is 20.7 Å². The second-order valence-corrected chi connectivity index (χ2v) is 5.51. The van der Waals surface area contributed by atoms with Crippen molar-refractivity contribution in [3.05, 3.63) is 53.7 Å². The van der Waals surface area contributed by atoms with E-state index in [1.54, 1.807) is 30.5 Å². The Labute approximate surface area is 139 Å². The van der Waals surface area contributed by atoms with Crippen LogP contribution in [0.5, 0.6) is 5.75 Å². The summed E-state index contributed by atoms with van der Waals surface area (Å²) >= 11 is 0. The second kappa shape index (κ2) is 7.27. The van der Waals surface area contributed by atoms with E-state index in [2.05, 4.69) is 10.3 Å². The Kier molecular flexibility index (Phi) is 4.90. The average molecular weight is 330 g/mol. The molecule has 2 aromatic rings. The van der Waals surface area contributed by atoms with Gasteiger partial charge in [-0.05, 0) is 29.8 Å². The molecule has 0 bridgehead atoms. The summed E-state index contributed by atoms with van der Waals surface area (Å²) in [5, 5.41) is 3.43. The maximum atomic E-state index is 12.2. The Morgan fingerprint density at radius 2 is 2.17 bits per heavy atom. The van der Waals surface area contributed by atoms with Crippen LogP contribution in [0.3, 0.4) is 0 Å². The molecule has 1 fully saturated rings. The van der Waals surface area contributed by atoms with Gasteiger partial charge in [0, 0.05) is 31.9 Å². The third kappa shape index (κ3) is 3.46. The van der Waals surface area contributed by atoms with Crippen molar-refractivity contribution in [2.45, 2.75) is 6.04 Å². The van der Waals surface area contributed by atoms with Crippen LogP contribution in [-0.2, 0) is 0 Å². The smallest absolute Gasteiger partial charge is 0.252 e. The maximum absolute atomic E-state index is 12.2. The van der Waals surface area contributed by atoms with Crippen LogP contribution in [0, 0.1) is 0 Å². The number of piperazine rings is 1. The monoisotopic (exact) mass is 330 g/mol. The summed E-state index contributed by atoms with van der Waals surface area (Å²) in [4.78, 5) is 18.0. The van der Waals surface area contributed by atoms with E-state index >= 15 is 0 Å². The molecule has 1 aliphatic rings. The van der Waals surface area contributed by atoms with E-state index in [9.17, 15) is 9.18 Å². The predicted octanol–water partition coefficient (Wildman–Crippen LogP) is 1.64. The van der Waals surface area contributed by atoms with Gasteiger partial charge in [-0.3, -0.25) is 4.79 Å². The lowest BCUT2D eigenvalue weighted by Gasteiger charge is -2.35. The highest BCUT2D eigenvalue weighted by atomic mass is 19.1. The number of halogens is 1. The number of benzene rings is 1. The number of rotatable bonds is 5. The number of hydrogen-bond donors (Lipinski definition) is 2. The van der Waals surface area contributed by atoms with Crippen molar-refractivity contribution in [1.29, 1.82) is 0 Å². The van der Waals surface area contributed by atoms with Crippen LogP contribution in [-0.4, -0.2) is 37.4 Å². The van der Waals surface area contributed by atoms with E-state index in [0.717, 1.165) is 18.7 Å². The predicted molar refractivity (Wildman–Crippen MR) is 88.8 cm³/mol. The number of ether oxygens (including phenoxy) is 1. The topological polar surface area (TPSA) is 80.5 Å². The Balaban J connectivity index is 1.78. The first-order valence-electron chi connectivity index (χ1n) is 7.71. The lowest BCUT2D eigenvalue weighted by atomic mass is 10.0. The van der Waals surface area contributed by atoms with Crippen molar-refractivity contribution in [3.63, 3.8) is 0 Å². The molecule has 0 radical (unpaired) electrons. The van der Waals surface area contributed by atoms with Crippen LogP contribution in [0.1, 0.15) is 22.0 Å². The molecule has 6 nitrogen and oxygen atoms in total. The molecule has 1 atom stereocenters. The highest BCUT2D eigenvalue weighted by Crippen LogP contribution is 2.25. The fraction of sp³-hybridized carbons (Fsp3) is 0.294. The van der Waals surface area contributed by atoms with Crippen LogP contribution in [0.4, 0.5) is 10.2 Å². The van der Waals surface area contributed by atoms with Gasteiger partial charge in [0.25, 0.3) is 5.91 Å². The zero-order chi connectivity index (χ0) is 16.9. The number of amides is 1. The largest absolute Gasteiger partial charge is 0.463 e. The third-order valence-electron chi connectivity index (χ3n) is 4.03. The first-order valence-corrected chi connectivity index (χ1v) is 7.71. The Hall–Kier alpha value is -2.67. The molecular weight excluding hydrogens is 311 g/mol. The van der Waals surface area contributed by atoms with Gasteiger partial charge in [0.1, 0.15) is 11.6 Å². The van der Waals surface area contributed by atoms with E-state index in [1.165, 1.54) is 0 Å². The third-order valence-corrected chi connectivity index (χ3v) is 4.03.